The zero-order valence-electron chi connectivity index (χ0n) is 22.5. The minimum Gasteiger partial charge on any atom is -0.481 e. The van der Waals surface area contributed by atoms with Gasteiger partial charge in [-0.1, -0.05) is 60.1 Å². The van der Waals surface area contributed by atoms with Gasteiger partial charge in [0.25, 0.3) is 0 Å². The molecule has 0 aromatic carbocycles. The Bertz CT molecular complexity index is 907. The third kappa shape index (κ3) is 2.76. The van der Waals surface area contributed by atoms with E-state index in [1.54, 1.807) is 0 Å². The molecular formula is C30H48O4. The van der Waals surface area contributed by atoms with Crippen LogP contribution in [0.5, 0.6) is 0 Å². The van der Waals surface area contributed by atoms with Crippen molar-refractivity contribution < 1.29 is 20.1 Å². The predicted molar refractivity (Wildman–Crippen MR) is 134 cm³/mol. The molecule has 3 N–H and O–H groups in total. The zero-order valence-corrected chi connectivity index (χ0v) is 22.5. The number of hydrogen-bond donors (Lipinski definition) is 3. The Kier molecular flexibility index (Phi) is 5.36. The van der Waals surface area contributed by atoms with Crippen molar-refractivity contribution in [1.82, 2.24) is 0 Å². The van der Waals surface area contributed by atoms with Crippen molar-refractivity contribution in [3.8, 4) is 0 Å². The molecule has 5 aliphatic carbocycles. The SMILES string of the molecule is C[C@H]1[C@H](C)CC[C@]2(C(=O)O)CC[C@]3(C)C(=C[C@@H](O)[C@@H]4[C@@]5(C)CC[C@H](O)C(C)(C)C5CC[C@]43C)[C@H]12. The number of fused-ring (bicyclic) bond motifs is 7. The summed E-state index contributed by atoms with van der Waals surface area (Å²) in [5.41, 5.74) is 0.219. The van der Waals surface area contributed by atoms with E-state index in [0.29, 0.717) is 17.8 Å². The number of carbonyl (C=O) groups is 1. The monoisotopic (exact) mass is 472 g/mol. The topological polar surface area (TPSA) is 77.8 Å². The number of carboxylic acid groups (broad SMARTS) is 1. The summed E-state index contributed by atoms with van der Waals surface area (Å²) in [7, 11) is 0. The van der Waals surface area contributed by atoms with Gasteiger partial charge in [-0.05, 0) is 96.7 Å². The van der Waals surface area contributed by atoms with Gasteiger partial charge in [0.1, 0.15) is 0 Å². The summed E-state index contributed by atoms with van der Waals surface area (Å²) in [6, 6.07) is 0. The van der Waals surface area contributed by atoms with Crippen molar-refractivity contribution in [2.24, 2.45) is 56.7 Å². The number of aliphatic hydroxyl groups excluding tert-OH is 2. The summed E-state index contributed by atoms with van der Waals surface area (Å²) in [5.74, 6) is 0.698. The van der Waals surface area contributed by atoms with Gasteiger partial charge in [0, 0.05) is 5.92 Å². The lowest BCUT2D eigenvalue weighted by Crippen LogP contribution is -2.68. The van der Waals surface area contributed by atoms with E-state index in [9.17, 15) is 20.1 Å². The first kappa shape index (κ1) is 24.8. The molecule has 192 valence electrons. The van der Waals surface area contributed by atoms with Crippen LogP contribution in [0.4, 0.5) is 0 Å². The van der Waals surface area contributed by atoms with Crippen molar-refractivity contribution >= 4 is 5.97 Å². The minimum atomic E-state index is -0.682. The Morgan fingerprint density at radius 3 is 2.24 bits per heavy atom. The lowest BCUT2D eigenvalue weighted by atomic mass is 9.33. The predicted octanol–water partition coefficient (Wildman–Crippen LogP) is 6.06. The third-order valence-electron chi connectivity index (χ3n) is 13.3. The van der Waals surface area contributed by atoms with E-state index in [1.807, 2.05) is 0 Å². The average molecular weight is 473 g/mol. The zero-order chi connectivity index (χ0) is 25.1. The molecule has 11 atom stereocenters. The summed E-state index contributed by atoms with van der Waals surface area (Å²) in [4.78, 5) is 12.8. The van der Waals surface area contributed by atoms with E-state index in [2.05, 4.69) is 54.5 Å². The molecule has 4 saturated carbocycles. The van der Waals surface area contributed by atoms with E-state index < -0.39 is 17.5 Å². The highest BCUT2D eigenvalue weighted by molar-refractivity contribution is 5.76. The quantitative estimate of drug-likeness (QED) is 0.405. The van der Waals surface area contributed by atoms with E-state index in [1.165, 1.54) is 5.57 Å². The summed E-state index contributed by atoms with van der Waals surface area (Å²) in [5, 5.41) is 33.4. The average Bonchev–Trinajstić information content (AvgIpc) is 2.74. The highest BCUT2D eigenvalue weighted by Gasteiger charge is 2.71. The van der Waals surface area contributed by atoms with Gasteiger partial charge >= 0.3 is 5.97 Å². The smallest absolute Gasteiger partial charge is 0.310 e. The Labute approximate surface area is 206 Å². The number of aliphatic carboxylic acids is 1. The molecule has 4 fully saturated rings. The van der Waals surface area contributed by atoms with Crippen molar-refractivity contribution in [3.05, 3.63) is 11.6 Å². The molecule has 0 heterocycles. The molecule has 0 aliphatic heterocycles. The maximum atomic E-state index is 12.8. The first-order valence-corrected chi connectivity index (χ1v) is 14.0. The molecule has 0 spiro atoms. The van der Waals surface area contributed by atoms with Crippen LogP contribution >= 0.6 is 0 Å². The molecule has 4 nitrogen and oxygen atoms in total. The van der Waals surface area contributed by atoms with Crippen LogP contribution in [0, 0.1) is 56.7 Å². The maximum Gasteiger partial charge on any atom is 0.310 e. The molecule has 0 amide bonds. The number of rotatable bonds is 1. The van der Waals surface area contributed by atoms with Crippen LogP contribution in [-0.2, 0) is 4.79 Å². The summed E-state index contributed by atoms with van der Waals surface area (Å²) in [6.07, 6.45) is 8.57. The van der Waals surface area contributed by atoms with Gasteiger partial charge in [-0.3, -0.25) is 4.79 Å². The fraction of sp³-hybridized carbons (Fsp3) is 0.900. The third-order valence-corrected chi connectivity index (χ3v) is 13.3. The lowest BCUT2D eigenvalue weighted by molar-refractivity contribution is -0.226. The van der Waals surface area contributed by atoms with E-state index in [0.717, 1.165) is 51.4 Å². The normalized spacial score (nSPS) is 56.3. The standard InChI is InChI=1S/C30H48O4/c1-17-8-13-30(25(33)34)15-14-28(6)19(23(30)18(17)2)16-20(31)24-27(5)11-10-22(32)26(3,4)21(27)9-12-29(24,28)7/h16-18,20-24,31-32H,8-15H2,1-7H3,(H,33,34)/t17-,18+,20-,21?,22+,23+,24-,27+,28-,29-,30+/m1/s1. The summed E-state index contributed by atoms with van der Waals surface area (Å²) < 4.78 is 0. The van der Waals surface area contributed by atoms with Crippen molar-refractivity contribution in [2.75, 3.05) is 0 Å². The number of aliphatic hydroxyl groups is 2. The first-order valence-electron chi connectivity index (χ1n) is 14.0. The van der Waals surface area contributed by atoms with Gasteiger partial charge in [-0.2, -0.15) is 0 Å². The largest absolute Gasteiger partial charge is 0.481 e. The molecule has 4 heteroatoms. The summed E-state index contributed by atoms with van der Waals surface area (Å²) >= 11 is 0. The van der Waals surface area contributed by atoms with E-state index in [4.69, 9.17) is 0 Å². The number of allylic oxidation sites excluding steroid dienone is 1. The molecule has 0 aromatic rings. The fourth-order valence-electron chi connectivity index (χ4n) is 11.0. The lowest BCUT2D eigenvalue weighted by Gasteiger charge is -2.72. The second kappa shape index (κ2) is 7.34. The Balaban J connectivity index is 1.66. The Morgan fingerprint density at radius 2 is 1.59 bits per heavy atom. The van der Waals surface area contributed by atoms with Crippen LogP contribution in [0.15, 0.2) is 11.6 Å². The number of hydrogen-bond acceptors (Lipinski definition) is 3. The summed E-state index contributed by atoms with van der Waals surface area (Å²) in [6.45, 7) is 16.3. The van der Waals surface area contributed by atoms with E-state index >= 15 is 0 Å². The van der Waals surface area contributed by atoms with Crippen molar-refractivity contribution in [1.29, 1.82) is 0 Å². The molecule has 0 bridgehead atoms. The Hall–Kier alpha value is -0.870. The van der Waals surface area contributed by atoms with Crippen molar-refractivity contribution in [2.45, 2.75) is 112 Å². The first-order chi connectivity index (χ1) is 15.7. The van der Waals surface area contributed by atoms with Crippen LogP contribution < -0.4 is 0 Å². The molecule has 5 rings (SSSR count). The van der Waals surface area contributed by atoms with Gasteiger partial charge in [0.05, 0.1) is 17.6 Å². The van der Waals surface area contributed by atoms with Crippen LogP contribution in [0.1, 0.15) is 99.8 Å². The van der Waals surface area contributed by atoms with Gasteiger partial charge in [0.2, 0.25) is 0 Å². The molecule has 0 radical (unpaired) electrons. The molecule has 1 unspecified atom stereocenters. The van der Waals surface area contributed by atoms with Gasteiger partial charge in [-0.25, -0.2) is 0 Å². The number of carboxylic acids is 1. The van der Waals surface area contributed by atoms with Crippen molar-refractivity contribution in [3.63, 3.8) is 0 Å². The van der Waals surface area contributed by atoms with Crippen LogP contribution in [0.3, 0.4) is 0 Å². The highest BCUT2D eigenvalue weighted by atomic mass is 16.4. The maximum absolute atomic E-state index is 12.8. The highest BCUT2D eigenvalue weighted by Crippen LogP contribution is 2.75. The molecular weight excluding hydrogens is 424 g/mol. The van der Waals surface area contributed by atoms with Crippen LogP contribution in [-0.4, -0.2) is 33.5 Å². The van der Waals surface area contributed by atoms with Gasteiger partial charge < -0.3 is 15.3 Å². The van der Waals surface area contributed by atoms with Gasteiger partial charge in [-0.15, -0.1) is 0 Å². The van der Waals surface area contributed by atoms with Crippen LogP contribution in [0.2, 0.25) is 0 Å². The second-order valence-corrected chi connectivity index (χ2v) is 14.6. The van der Waals surface area contributed by atoms with Gasteiger partial charge in [0.15, 0.2) is 0 Å². The minimum absolute atomic E-state index is 0.00933. The fourth-order valence-corrected chi connectivity index (χ4v) is 11.0. The van der Waals surface area contributed by atoms with E-state index in [-0.39, 0.29) is 39.6 Å². The molecule has 0 aromatic heterocycles. The Morgan fingerprint density at radius 1 is 0.912 bits per heavy atom. The second-order valence-electron chi connectivity index (χ2n) is 14.6. The molecule has 5 aliphatic rings. The molecule has 34 heavy (non-hydrogen) atoms. The molecule has 0 saturated heterocycles. The van der Waals surface area contributed by atoms with Crippen LogP contribution in [0.25, 0.3) is 0 Å².